The number of carbonyl (C=O) groups excluding carboxylic acids is 1. The van der Waals surface area contributed by atoms with E-state index in [2.05, 4.69) is 5.32 Å². The first-order valence-electron chi connectivity index (χ1n) is 8.37. The van der Waals surface area contributed by atoms with Crippen molar-refractivity contribution in [2.24, 2.45) is 0 Å². The number of benzene rings is 1. The Balaban J connectivity index is 2.44. The Morgan fingerprint density at radius 3 is 2.30 bits per heavy atom. The van der Waals surface area contributed by atoms with Crippen LogP contribution in [0.25, 0.3) is 6.08 Å². The van der Waals surface area contributed by atoms with Crippen molar-refractivity contribution >= 4 is 36.7 Å². The number of hydrogen-bond donors (Lipinski definition) is 2. The normalized spacial score (nSPS) is 18.5. The van der Waals surface area contributed by atoms with Crippen LogP contribution >= 0.6 is 11.6 Å². The van der Waals surface area contributed by atoms with E-state index >= 15 is 0 Å². The van der Waals surface area contributed by atoms with Gasteiger partial charge in [0.2, 0.25) is 5.91 Å². The fourth-order valence-corrected chi connectivity index (χ4v) is 2.71. The topological polar surface area (TPSA) is 84.9 Å². The Morgan fingerprint density at radius 1 is 1.26 bits per heavy atom. The molecule has 1 amide bonds. The zero-order valence-corrected chi connectivity index (χ0v) is 16.6. The third-order valence-corrected chi connectivity index (χ3v) is 5.07. The minimum absolute atomic E-state index is 0.0695. The van der Waals surface area contributed by atoms with Gasteiger partial charge >= 0.3 is 13.1 Å². The lowest BCUT2D eigenvalue weighted by Gasteiger charge is -2.32. The van der Waals surface area contributed by atoms with Gasteiger partial charge in [-0.3, -0.25) is 4.79 Å². The van der Waals surface area contributed by atoms with Gasteiger partial charge in [0.1, 0.15) is 5.82 Å². The van der Waals surface area contributed by atoms with Crippen molar-refractivity contribution in [3.05, 3.63) is 39.6 Å². The molecule has 6 nitrogen and oxygen atoms in total. The highest BCUT2D eigenvalue weighted by molar-refractivity contribution is 6.56. The summed E-state index contributed by atoms with van der Waals surface area (Å²) in [6.45, 7) is 8.94. The average molecular weight is 398 g/mol. The first kappa shape index (κ1) is 21.4. The highest BCUT2D eigenvalue weighted by Gasteiger charge is 2.52. The molecule has 1 heterocycles. The van der Waals surface area contributed by atoms with Gasteiger partial charge in [0.15, 0.2) is 0 Å². The van der Waals surface area contributed by atoms with Gasteiger partial charge in [0.05, 0.1) is 21.8 Å². The van der Waals surface area contributed by atoms with Crippen molar-refractivity contribution in [3.8, 4) is 0 Å². The van der Waals surface area contributed by atoms with Crippen molar-refractivity contribution < 1.29 is 28.4 Å². The van der Waals surface area contributed by atoms with Gasteiger partial charge in [-0.05, 0) is 45.3 Å². The highest BCUT2D eigenvalue weighted by atomic mass is 35.5. The van der Waals surface area contributed by atoms with E-state index in [-0.39, 0.29) is 28.6 Å². The van der Waals surface area contributed by atoms with Gasteiger partial charge in [0.25, 0.3) is 0 Å². The maximum atomic E-state index is 14.4. The maximum Gasteiger partial charge on any atom is 0.492 e. The number of amides is 1. The Morgan fingerprint density at radius 2 is 1.81 bits per heavy atom. The minimum Gasteiger partial charge on any atom is -0.478 e. The minimum atomic E-state index is -1.32. The van der Waals surface area contributed by atoms with E-state index in [1.807, 2.05) is 27.7 Å². The summed E-state index contributed by atoms with van der Waals surface area (Å²) in [5.41, 5.74) is -1.01. The molecule has 9 heteroatoms. The lowest BCUT2D eigenvalue weighted by atomic mass is 9.77. The standard InChI is InChI=1S/C18H22BClFNO5/c1-10(23)22-9-12(19-26-17(2,3)18(4,5)27-19)6-11-7-14(20)13(16(24)25)8-15(11)21/h6-8H,9H2,1-5H3,(H,22,23)(H,24,25). The van der Waals surface area contributed by atoms with Gasteiger partial charge in [0, 0.05) is 19.0 Å². The fourth-order valence-electron chi connectivity index (χ4n) is 2.46. The third kappa shape index (κ3) is 4.69. The fraction of sp³-hybridized carbons (Fsp3) is 0.444. The van der Waals surface area contributed by atoms with Crippen LogP contribution in [0.3, 0.4) is 0 Å². The van der Waals surface area contributed by atoms with Crippen molar-refractivity contribution in [2.75, 3.05) is 6.54 Å². The predicted octanol–water partition coefficient (Wildman–Crippen LogP) is 3.33. The van der Waals surface area contributed by atoms with Crippen LogP contribution in [-0.4, -0.2) is 41.8 Å². The predicted molar refractivity (Wildman–Crippen MR) is 101 cm³/mol. The summed E-state index contributed by atoms with van der Waals surface area (Å²) in [4.78, 5) is 22.4. The number of halogens is 2. The van der Waals surface area contributed by atoms with E-state index in [1.54, 1.807) is 0 Å². The van der Waals surface area contributed by atoms with Gasteiger partial charge in [-0.15, -0.1) is 0 Å². The highest BCUT2D eigenvalue weighted by Crippen LogP contribution is 2.39. The van der Waals surface area contributed by atoms with Gasteiger partial charge in [-0.2, -0.15) is 0 Å². The van der Waals surface area contributed by atoms with Crippen LogP contribution in [0.2, 0.25) is 5.02 Å². The monoisotopic (exact) mass is 397 g/mol. The number of carbonyl (C=O) groups is 2. The van der Waals surface area contributed by atoms with E-state index in [1.165, 1.54) is 19.1 Å². The van der Waals surface area contributed by atoms with E-state index in [9.17, 15) is 14.0 Å². The Kier molecular flexibility index (Phi) is 6.04. The molecule has 1 aromatic carbocycles. The smallest absolute Gasteiger partial charge is 0.478 e. The molecule has 0 aromatic heterocycles. The zero-order valence-electron chi connectivity index (χ0n) is 15.9. The summed E-state index contributed by atoms with van der Waals surface area (Å²) in [7, 11) is -0.806. The SMILES string of the molecule is CC(=O)NCC(=Cc1cc(Cl)c(C(=O)O)cc1F)B1OC(C)(C)C(C)(C)O1. The molecule has 1 saturated heterocycles. The largest absolute Gasteiger partial charge is 0.492 e. The Bertz CT molecular complexity index is 793. The van der Waals surface area contributed by atoms with E-state index in [4.69, 9.17) is 26.0 Å². The van der Waals surface area contributed by atoms with Crippen molar-refractivity contribution in [1.29, 1.82) is 0 Å². The number of rotatable bonds is 5. The number of aromatic carboxylic acids is 1. The second kappa shape index (κ2) is 7.62. The van der Waals surface area contributed by atoms with Crippen LogP contribution in [0, 0.1) is 5.82 Å². The molecule has 2 rings (SSSR count). The summed E-state index contributed by atoms with van der Waals surface area (Å²) in [5, 5.41) is 11.6. The number of nitrogens with one attached hydrogen (secondary N) is 1. The number of carboxylic acid groups (broad SMARTS) is 1. The van der Waals surface area contributed by atoms with Crippen molar-refractivity contribution in [3.63, 3.8) is 0 Å². The first-order valence-corrected chi connectivity index (χ1v) is 8.75. The molecular formula is C18H22BClFNO5. The van der Waals surface area contributed by atoms with Crippen LogP contribution in [0.4, 0.5) is 4.39 Å². The second-order valence-electron chi connectivity index (χ2n) is 7.38. The molecule has 0 saturated carbocycles. The summed E-state index contributed by atoms with van der Waals surface area (Å²) in [5.74, 6) is -2.34. The quantitative estimate of drug-likeness (QED) is 0.745. The van der Waals surface area contributed by atoms with Crippen LogP contribution in [-0.2, 0) is 14.1 Å². The maximum absolute atomic E-state index is 14.4. The summed E-state index contributed by atoms with van der Waals surface area (Å²) in [6, 6.07) is 2.08. The second-order valence-corrected chi connectivity index (χ2v) is 7.78. The van der Waals surface area contributed by atoms with E-state index in [0.717, 1.165) is 6.07 Å². The van der Waals surface area contributed by atoms with E-state index < -0.39 is 30.1 Å². The van der Waals surface area contributed by atoms with Crippen LogP contribution < -0.4 is 5.32 Å². The van der Waals surface area contributed by atoms with Crippen molar-refractivity contribution in [1.82, 2.24) is 5.32 Å². The molecule has 1 aromatic rings. The molecule has 27 heavy (non-hydrogen) atoms. The molecular weight excluding hydrogens is 375 g/mol. The molecule has 1 fully saturated rings. The zero-order chi connectivity index (χ0) is 20.6. The number of hydrogen-bond acceptors (Lipinski definition) is 4. The van der Waals surface area contributed by atoms with Crippen molar-refractivity contribution in [2.45, 2.75) is 45.8 Å². The summed E-state index contributed by atoms with van der Waals surface area (Å²) in [6.07, 6.45) is 1.45. The Hall–Kier alpha value is -1.90. The molecule has 1 aliphatic heterocycles. The molecule has 0 bridgehead atoms. The third-order valence-electron chi connectivity index (χ3n) is 4.76. The van der Waals surface area contributed by atoms with Crippen LogP contribution in [0.5, 0.6) is 0 Å². The van der Waals surface area contributed by atoms with E-state index in [0.29, 0.717) is 5.47 Å². The summed E-state index contributed by atoms with van der Waals surface area (Å²) < 4.78 is 26.3. The molecule has 0 radical (unpaired) electrons. The lowest BCUT2D eigenvalue weighted by Crippen LogP contribution is -2.41. The molecule has 0 aliphatic carbocycles. The van der Waals surface area contributed by atoms with Gasteiger partial charge in [-0.25, -0.2) is 9.18 Å². The molecule has 1 aliphatic rings. The average Bonchev–Trinajstić information content (AvgIpc) is 2.74. The molecule has 0 atom stereocenters. The van der Waals surface area contributed by atoms with Gasteiger partial charge < -0.3 is 19.7 Å². The Labute approximate surface area is 162 Å². The van der Waals surface area contributed by atoms with Gasteiger partial charge in [-0.1, -0.05) is 17.7 Å². The summed E-state index contributed by atoms with van der Waals surface area (Å²) >= 11 is 5.95. The molecule has 0 spiro atoms. The van der Waals surface area contributed by atoms with Crippen LogP contribution in [0.1, 0.15) is 50.5 Å². The number of carboxylic acids is 1. The lowest BCUT2D eigenvalue weighted by molar-refractivity contribution is -0.118. The van der Waals surface area contributed by atoms with Crippen LogP contribution in [0.15, 0.2) is 17.6 Å². The molecule has 0 unspecified atom stereocenters. The first-order chi connectivity index (χ1) is 12.3. The molecule has 2 N–H and O–H groups in total. The molecule has 146 valence electrons.